The molecule has 0 aliphatic rings. The fourth-order valence-corrected chi connectivity index (χ4v) is 4.07. The van der Waals surface area contributed by atoms with Crippen molar-refractivity contribution in [2.45, 2.75) is 39.3 Å². The second kappa shape index (κ2) is 8.44. The van der Waals surface area contributed by atoms with Crippen LogP contribution in [0.5, 0.6) is 0 Å². The van der Waals surface area contributed by atoms with Gasteiger partial charge in [0.25, 0.3) is 0 Å². The standard InChI is InChI=1S/C22H24N4OS/c1-17(2)18-6-8-19(9-7-18)24-22-26(12-4-11-25-13-10-23-16-25)20(15-28-22)21-5-3-14-27-21/h3,5-10,13-17H,4,11-12H2,1-2H3. The van der Waals surface area contributed by atoms with Gasteiger partial charge in [0.2, 0.25) is 0 Å². The summed E-state index contributed by atoms with van der Waals surface area (Å²) in [6.07, 6.45) is 8.36. The lowest BCUT2D eigenvalue weighted by molar-refractivity contribution is 0.541. The lowest BCUT2D eigenvalue weighted by Crippen LogP contribution is -2.17. The number of benzene rings is 1. The highest BCUT2D eigenvalue weighted by Crippen LogP contribution is 2.22. The molecular weight excluding hydrogens is 368 g/mol. The van der Waals surface area contributed by atoms with Gasteiger partial charge in [-0.2, -0.15) is 0 Å². The van der Waals surface area contributed by atoms with Gasteiger partial charge in [0.15, 0.2) is 10.6 Å². The molecular formula is C22H24N4OS. The normalized spacial score (nSPS) is 12.2. The van der Waals surface area contributed by atoms with Crippen LogP contribution in [0.2, 0.25) is 0 Å². The molecule has 0 aliphatic carbocycles. The molecule has 6 heteroatoms. The van der Waals surface area contributed by atoms with Crippen molar-refractivity contribution in [2.75, 3.05) is 0 Å². The Hall–Kier alpha value is -2.86. The van der Waals surface area contributed by atoms with Crippen LogP contribution in [-0.2, 0) is 13.1 Å². The molecule has 3 aromatic heterocycles. The van der Waals surface area contributed by atoms with Gasteiger partial charge in [-0.15, -0.1) is 11.3 Å². The van der Waals surface area contributed by atoms with E-state index in [1.54, 1.807) is 17.6 Å². The van der Waals surface area contributed by atoms with E-state index < -0.39 is 0 Å². The van der Waals surface area contributed by atoms with Crippen LogP contribution in [0.4, 0.5) is 5.69 Å². The molecule has 0 bridgehead atoms. The fraction of sp³-hybridized carbons (Fsp3) is 0.273. The third-order valence-corrected chi connectivity index (χ3v) is 5.58. The van der Waals surface area contributed by atoms with E-state index in [0.717, 1.165) is 41.5 Å². The summed E-state index contributed by atoms with van der Waals surface area (Å²) in [6, 6.07) is 12.4. The van der Waals surface area contributed by atoms with Gasteiger partial charge in [-0.05, 0) is 42.2 Å². The number of furan rings is 1. The van der Waals surface area contributed by atoms with E-state index in [2.05, 4.69) is 57.6 Å². The maximum absolute atomic E-state index is 5.65. The molecule has 4 aromatic rings. The molecule has 3 heterocycles. The van der Waals surface area contributed by atoms with E-state index in [9.17, 15) is 0 Å². The third kappa shape index (κ3) is 4.17. The van der Waals surface area contributed by atoms with Crippen molar-refractivity contribution in [2.24, 2.45) is 4.99 Å². The van der Waals surface area contributed by atoms with Crippen molar-refractivity contribution in [1.29, 1.82) is 0 Å². The molecule has 0 spiro atoms. The van der Waals surface area contributed by atoms with Gasteiger partial charge in [0.1, 0.15) is 0 Å². The van der Waals surface area contributed by atoms with Gasteiger partial charge in [0.05, 0.1) is 24.0 Å². The molecule has 144 valence electrons. The summed E-state index contributed by atoms with van der Waals surface area (Å²) >= 11 is 1.64. The largest absolute Gasteiger partial charge is 0.463 e. The minimum Gasteiger partial charge on any atom is -0.463 e. The summed E-state index contributed by atoms with van der Waals surface area (Å²) in [7, 11) is 0. The Labute approximate surface area is 168 Å². The van der Waals surface area contributed by atoms with E-state index in [1.165, 1.54) is 5.56 Å². The summed E-state index contributed by atoms with van der Waals surface area (Å²) in [4.78, 5) is 10.0. The maximum Gasteiger partial charge on any atom is 0.190 e. The van der Waals surface area contributed by atoms with Crippen LogP contribution in [0.25, 0.3) is 11.5 Å². The summed E-state index contributed by atoms with van der Waals surface area (Å²) in [5.74, 6) is 1.39. The molecule has 0 saturated carbocycles. The lowest BCUT2D eigenvalue weighted by Gasteiger charge is -2.08. The number of nitrogens with zero attached hydrogens (tertiary/aromatic N) is 4. The topological polar surface area (TPSA) is 48.2 Å². The number of aromatic nitrogens is 3. The zero-order valence-electron chi connectivity index (χ0n) is 16.2. The Kier molecular flexibility index (Phi) is 5.58. The van der Waals surface area contributed by atoms with Crippen LogP contribution >= 0.6 is 11.3 Å². The van der Waals surface area contributed by atoms with Crippen LogP contribution < -0.4 is 4.80 Å². The number of hydrogen-bond donors (Lipinski definition) is 0. The van der Waals surface area contributed by atoms with E-state index in [1.807, 2.05) is 30.9 Å². The highest BCUT2D eigenvalue weighted by atomic mass is 32.1. The van der Waals surface area contributed by atoms with Gasteiger partial charge in [0, 0.05) is 30.9 Å². The minimum absolute atomic E-state index is 0.523. The third-order valence-electron chi connectivity index (χ3n) is 4.71. The minimum atomic E-state index is 0.523. The van der Waals surface area contributed by atoms with Crippen LogP contribution in [0.3, 0.4) is 0 Å². The summed E-state index contributed by atoms with van der Waals surface area (Å²) in [6.45, 7) is 6.19. The molecule has 4 rings (SSSR count). The van der Waals surface area contributed by atoms with Crippen LogP contribution in [0.15, 0.2) is 76.2 Å². The molecule has 0 atom stereocenters. The SMILES string of the molecule is CC(C)c1ccc(N=c2scc(-c3ccco3)n2CCCn2ccnc2)cc1. The molecule has 0 amide bonds. The van der Waals surface area contributed by atoms with Crippen molar-refractivity contribution in [3.8, 4) is 11.5 Å². The average Bonchev–Trinajstić information content (AvgIpc) is 3.45. The first-order valence-corrected chi connectivity index (χ1v) is 10.4. The van der Waals surface area contributed by atoms with Gasteiger partial charge in [-0.1, -0.05) is 26.0 Å². The molecule has 0 saturated heterocycles. The monoisotopic (exact) mass is 392 g/mol. The van der Waals surface area contributed by atoms with Gasteiger partial charge >= 0.3 is 0 Å². The number of rotatable bonds is 7. The second-order valence-electron chi connectivity index (χ2n) is 7.04. The second-order valence-corrected chi connectivity index (χ2v) is 7.88. The molecule has 0 fully saturated rings. The highest BCUT2D eigenvalue weighted by Gasteiger charge is 2.10. The number of aryl methyl sites for hydroxylation is 1. The predicted octanol–water partition coefficient (Wildman–Crippen LogP) is 5.45. The smallest absolute Gasteiger partial charge is 0.190 e. The highest BCUT2D eigenvalue weighted by molar-refractivity contribution is 7.07. The Morgan fingerprint density at radius 1 is 1.14 bits per heavy atom. The first kappa shape index (κ1) is 18.5. The molecule has 0 aliphatic heterocycles. The molecule has 0 radical (unpaired) electrons. The first-order valence-electron chi connectivity index (χ1n) is 9.53. The van der Waals surface area contributed by atoms with Crippen molar-refractivity contribution in [3.05, 3.63) is 77.1 Å². The number of hydrogen-bond acceptors (Lipinski definition) is 4. The summed E-state index contributed by atoms with van der Waals surface area (Å²) in [5, 5.41) is 2.12. The summed E-state index contributed by atoms with van der Waals surface area (Å²) in [5.41, 5.74) is 3.37. The Morgan fingerprint density at radius 2 is 2.00 bits per heavy atom. The predicted molar refractivity (Wildman–Crippen MR) is 113 cm³/mol. The molecule has 1 aromatic carbocycles. The fourth-order valence-electron chi connectivity index (χ4n) is 3.13. The van der Waals surface area contributed by atoms with E-state index in [0.29, 0.717) is 5.92 Å². The van der Waals surface area contributed by atoms with Gasteiger partial charge in [-0.25, -0.2) is 9.98 Å². The quantitative estimate of drug-likeness (QED) is 0.420. The van der Waals surface area contributed by atoms with Crippen molar-refractivity contribution >= 4 is 17.0 Å². The average molecular weight is 393 g/mol. The van der Waals surface area contributed by atoms with Crippen LogP contribution in [0.1, 0.15) is 31.7 Å². The maximum atomic E-state index is 5.65. The zero-order valence-corrected chi connectivity index (χ0v) is 17.0. The van der Waals surface area contributed by atoms with Crippen molar-refractivity contribution in [1.82, 2.24) is 14.1 Å². The van der Waals surface area contributed by atoms with E-state index >= 15 is 0 Å². The van der Waals surface area contributed by atoms with Crippen molar-refractivity contribution < 1.29 is 4.42 Å². The molecule has 5 nitrogen and oxygen atoms in total. The van der Waals surface area contributed by atoms with Crippen LogP contribution in [-0.4, -0.2) is 14.1 Å². The Bertz CT molecular complexity index is 1050. The van der Waals surface area contributed by atoms with Crippen molar-refractivity contribution in [3.63, 3.8) is 0 Å². The lowest BCUT2D eigenvalue weighted by atomic mass is 10.0. The van der Waals surface area contributed by atoms with E-state index in [4.69, 9.17) is 9.41 Å². The first-order chi connectivity index (χ1) is 13.7. The summed E-state index contributed by atoms with van der Waals surface area (Å²) < 4.78 is 9.99. The van der Waals surface area contributed by atoms with E-state index in [-0.39, 0.29) is 0 Å². The number of imidazole rings is 1. The zero-order chi connectivity index (χ0) is 19.3. The molecule has 28 heavy (non-hydrogen) atoms. The van der Waals surface area contributed by atoms with Gasteiger partial charge < -0.3 is 13.6 Å². The molecule has 0 N–H and O–H groups in total. The van der Waals surface area contributed by atoms with Gasteiger partial charge in [-0.3, -0.25) is 0 Å². The molecule has 0 unspecified atom stereocenters. The Balaban J connectivity index is 1.64. The van der Waals surface area contributed by atoms with Crippen LogP contribution in [0, 0.1) is 0 Å². The number of thiazole rings is 1. The Morgan fingerprint density at radius 3 is 2.68 bits per heavy atom.